The molecule has 0 radical (unpaired) electrons. The molecule has 8 heteroatoms. The van der Waals surface area contributed by atoms with Crippen LogP contribution in [0, 0.1) is 11.8 Å². The van der Waals surface area contributed by atoms with Gasteiger partial charge in [-0.3, -0.25) is 29.0 Å². The number of nitrogens with zero attached hydrogens (tertiary/aromatic N) is 3. The maximum absolute atomic E-state index is 14.2. The van der Waals surface area contributed by atoms with Crippen LogP contribution in [0.3, 0.4) is 0 Å². The van der Waals surface area contributed by atoms with E-state index in [9.17, 15) is 19.2 Å². The van der Waals surface area contributed by atoms with Gasteiger partial charge < -0.3 is 10.2 Å². The Kier molecular flexibility index (Phi) is 5.71. The molecule has 182 valence electrons. The average Bonchev–Trinajstić information content (AvgIpc) is 3.40. The summed E-state index contributed by atoms with van der Waals surface area (Å²) < 4.78 is 0. The van der Waals surface area contributed by atoms with Gasteiger partial charge in [0, 0.05) is 18.7 Å². The van der Waals surface area contributed by atoms with E-state index in [0.29, 0.717) is 24.3 Å². The van der Waals surface area contributed by atoms with E-state index in [1.165, 1.54) is 9.80 Å². The van der Waals surface area contributed by atoms with Crippen molar-refractivity contribution in [2.75, 3.05) is 24.5 Å². The Morgan fingerprint density at radius 2 is 1.60 bits per heavy atom. The third-order valence-corrected chi connectivity index (χ3v) is 7.86. The first-order valence-corrected chi connectivity index (χ1v) is 12.3. The van der Waals surface area contributed by atoms with Gasteiger partial charge in [-0.15, -0.1) is 0 Å². The number of amides is 4. The summed E-state index contributed by atoms with van der Waals surface area (Å²) in [7, 11) is 0. The van der Waals surface area contributed by atoms with Crippen molar-refractivity contribution in [2.45, 2.75) is 38.9 Å². The number of anilines is 1. The summed E-state index contributed by atoms with van der Waals surface area (Å²) in [6.07, 6.45) is 0. The molecule has 2 N–H and O–H groups in total. The summed E-state index contributed by atoms with van der Waals surface area (Å²) in [5, 5.41) is 1.89. The second-order valence-electron chi connectivity index (χ2n) is 9.62. The van der Waals surface area contributed by atoms with Crippen molar-refractivity contribution in [2.24, 2.45) is 11.8 Å². The van der Waals surface area contributed by atoms with Crippen LogP contribution in [-0.2, 0) is 31.3 Å². The zero-order valence-electron chi connectivity index (χ0n) is 20.3. The van der Waals surface area contributed by atoms with Crippen molar-refractivity contribution in [3.05, 3.63) is 65.7 Å². The third kappa shape index (κ3) is 3.31. The number of quaternary nitrogens is 1. The van der Waals surface area contributed by atoms with Gasteiger partial charge in [-0.2, -0.15) is 0 Å². The molecule has 1 spiro atoms. The molecule has 4 amide bonds. The lowest BCUT2D eigenvalue weighted by molar-refractivity contribution is -0.730. The lowest BCUT2D eigenvalue weighted by Crippen LogP contribution is -2.98. The van der Waals surface area contributed by atoms with Gasteiger partial charge >= 0.3 is 0 Å². The molecule has 2 aromatic carbocycles. The van der Waals surface area contributed by atoms with E-state index in [1.54, 1.807) is 4.90 Å². The van der Waals surface area contributed by atoms with Crippen molar-refractivity contribution >= 4 is 29.3 Å². The highest BCUT2D eigenvalue weighted by atomic mass is 16.2. The first kappa shape index (κ1) is 23.2. The van der Waals surface area contributed by atoms with Crippen LogP contribution in [0.2, 0.25) is 0 Å². The number of carbonyl (C=O) groups is 4. The van der Waals surface area contributed by atoms with E-state index in [2.05, 4.69) is 0 Å². The Bertz CT molecular complexity index is 1190. The van der Waals surface area contributed by atoms with Crippen LogP contribution in [0.5, 0.6) is 0 Å². The maximum atomic E-state index is 14.2. The molecule has 4 unspecified atom stereocenters. The molecule has 8 nitrogen and oxygen atoms in total. The highest BCUT2D eigenvalue weighted by Gasteiger charge is 2.74. The molecule has 0 aromatic heterocycles. The molecule has 2 saturated heterocycles. The topological polar surface area (TPSA) is 94.6 Å². The number of fused-ring (bicyclic) bond motifs is 4. The number of para-hydroxylation sites is 1. The van der Waals surface area contributed by atoms with E-state index in [-0.39, 0.29) is 42.8 Å². The number of likely N-dealkylation sites (tertiary alicyclic amines) is 1. The zero-order chi connectivity index (χ0) is 24.9. The summed E-state index contributed by atoms with van der Waals surface area (Å²) in [5.41, 5.74) is 0.968. The first-order valence-electron chi connectivity index (χ1n) is 12.3. The van der Waals surface area contributed by atoms with Gasteiger partial charge in [-0.25, -0.2) is 0 Å². The van der Waals surface area contributed by atoms with Gasteiger partial charge in [0.2, 0.25) is 23.3 Å². The third-order valence-electron chi connectivity index (χ3n) is 7.86. The quantitative estimate of drug-likeness (QED) is 0.627. The van der Waals surface area contributed by atoms with Crippen LogP contribution in [0.4, 0.5) is 5.69 Å². The SMILES string of the molecule is CCN(CC)C(=O)CN1C(=O)C2([NH2+]C(C)C3C(=O)N(Cc4ccccc4)C(=O)C32)c2ccccc21. The Morgan fingerprint density at radius 3 is 2.29 bits per heavy atom. The minimum atomic E-state index is -1.25. The van der Waals surface area contributed by atoms with Gasteiger partial charge in [0.05, 0.1) is 18.3 Å². The van der Waals surface area contributed by atoms with E-state index in [4.69, 9.17) is 0 Å². The standard InChI is InChI=1S/C27H30N4O4/c1-4-29(5-2)21(32)16-30-20-14-10-9-13-19(20)27(26(30)35)23-22(17(3)28-27)24(33)31(25(23)34)15-18-11-7-6-8-12-18/h6-14,17,22-23,28H,4-5,15-16H2,1-3H3/p+1. The zero-order valence-corrected chi connectivity index (χ0v) is 20.3. The highest BCUT2D eigenvalue weighted by Crippen LogP contribution is 2.51. The second kappa shape index (κ2) is 8.61. The second-order valence-corrected chi connectivity index (χ2v) is 9.62. The number of nitrogens with two attached hydrogens (primary N) is 1. The van der Waals surface area contributed by atoms with Crippen LogP contribution in [0.25, 0.3) is 0 Å². The van der Waals surface area contributed by atoms with Crippen molar-refractivity contribution in [3.8, 4) is 0 Å². The fourth-order valence-electron chi connectivity index (χ4n) is 6.24. The van der Waals surface area contributed by atoms with Crippen LogP contribution in [0.1, 0.15) is 31.9 Å². The maximum Gasteiger partial charge on any atom is 0.294 e. The molecule has 3 heterocycles. The predicted octanol–water partition coefficient (Wildman–Crippen LogP) is 0.864. The number of carbonyl (C=O) groups excluding carboxylic acids is 4. The molecule has 35 heavy (non-hydrogen) atoms. The van der Waals surface area contributed by atoms with Crippen molar-refractivity contribution in [1.82, 2.24) is 9.80 Å². The van der Waals surface area contributed by atoms with Gasteiger partial charge in [0.1, 0.15) is 18.4 Å². The molecule has 4 atom stereocenters. The van der Waals surface area contributed by atoms with E-state index >= 15 is 0 Å². The molecular formula is C27H31N4O4+. The fraction of sp³-hybridized carbons (Fsp3) is 0.407. The largest absolute Gasteiger partial charge is 0.342 e. The molecule has 0 bridgehead atoms. The van der Waals surface area contributed by atoms with Gasteiger partial charge in [0.25, 0.3) is 5.91 Å². The molecule has 2 aromatic rings. The molecular weight excluding hydrogens is 444 g/mol. The van der Waals surface area contributed by atoms with Crippen LogP contribution >= 0.6 is 0 Å². The number of likely N-dealkylation sites (N-methyl/N-ethyl adjacent to an activating group) is 1. The normalized spacial score (nSPS) is 27.1. The van der Waals surface area contributed by atoms with Crippen LogP contribution in [0.15, 0.2) is 54.6 Å². The Morgan fingerprint density at radius 1 is 0.943 bits per heavy atom. The van der Waals surface area contributed by atoms with Crippen LogP contribution < -0.4 is 10.2 Å². The smallest absolute Gasteiger partial charge is 0.294 e. The lowest BCUT2D eigenvalue weighted by atomic mass is 9.76. The average molecular weight is 476 g/mol. The number of imide groups is 1. The number of benzene rings is 2. The monoisotopic (exact) mass is 475 g/mol. The lowest BCUT2D eigenvalue weighted by Gasteiger charge is -2.28. The highest BCUT2D eigenvalue weighted by molar-refractivity contribution is 6.15. The molecule has 3 aliphatic heterocycles. The summed E-state index contributed by atoms with van der Waals surface area (Å²) in [6.45, 7) is 6.93. The van der Waals surface area contributed by atoms with E-state index < -0.39 is 17.4 Å². The molecule has 3 aliphatic rings. The van der Waals surface area contributed by atoms with E-state index in [1.807, 2.05) is 80.7 Å². The Balaban J connectivity index is 1.54. The fourth-order valence-corrected chi connectivity index (χ4v) is 6.24. The molecule has 0 aliphatic carbocycles. The first-order chi connectivity index (χ1) is 16.8. The summed E-state index contributed by atoms with van der Waals surface area (Å²) in [5.74, 6) is -2.38. The summed E-state index contributed by atoms with van der Waals surface area (Å²) in [4.78, 5) is 59.0. The van der Waals surface area contributed by atoms with Gasteiger partial charge in [0.15, 0.2) is 0 Å². The Hall–Kier alpha value is -3.52. The number of hydrogen-bond donors (Lipinski definition) is 1. The van der Waals surface area contributed by atoms with Crippen LogP contribution in [-0.4, -0.2) is 59.1 Å². The minimum absolute atomic E-state index is 0.0885. The number of rotatable bonds is 6. The number of hydrogen-bond acceptors (Lipinski definition) is 4. The summed E-state index contributed by atoms with van der Waals surface area (Å²) >= 11 is 0. The van der Waals surface area contributed by atoms with Gasteiger partial charge in [-0.05, 0) is 32.4 Å². The van der Waals surface area contributed by atoms with Crippen molar-refractivity contribution in [1.29, 1.82) is 0 Å². The Labute approximate surface area is 204 Å². The summed E-state index contributed by atoms with van der Waals surface area (Å²) in [6, 6.07) is 16.5. The minimum Gasteiger partial charge on any atom is -0.342 e. The van der Waals surface area contributed by atoms with Crippen molar-refractivity contribution in [3.63, 3.8) is 0 Å². The predicted molar refractivity (Wildman–Crippen MR) is 129 cm³/mol. The van der Waals surface area contributed by atoms with E-state index in [0.717, 1.165) is 5.56 Å². The van der Waals surface area contributed by atoms with Crippen molar-refractivity contribution < 1.29 is 24.5 Å². The molecule has 0 saturated carbocycles. The molecule has 2 fully saturated rings. The molecule has 5 rings (SSSR count). The van der Waals surface area contributed by atoms with Gasteiger partial charge in [-0.1, -0.05) is 48.5 Å².